The summed E-state index contributed by atoms with van der Waals surface area (Å²) in [6.45, 7) is 4.28. The Balaban J connectivity index is 1.45. The zero-order valence-electron chi connectivity index (χ0n) is 16.3. The van der Waals surface area contributed by atoms with Gasteiger partial charge in [0.15, 0.2) is 0 Å². The zero-order valence-corrected chi connectivity index (χ0v) is 17.1. The summed E-state index contributed by atoms with van der Waals surface area (Å²) in [5.74, 6) is -0.100. The highest BCUT2D eigenvalue weighted by molar-refractivity contribution is 6.30. The van der Waals surface area contributed by atoms with Gasteiger partial charge in [-0.2, -0.15) is 0 Å². The molecular formula is C22H27ClN4O2. The minimum atomic E-state index is -0.159. The topological polar surface area (TPSA) is 65.6 Å². The molecule has 0 bridgehead atoms. The summed E-state index contributed by atoms with van der Waals surface area (Å²) in [6, 6.07) is 18.0. The van der Waals surface area contributed by atoms with Crippen LogP contribution in [0.5, 0.6) is 0 Å². The fraction of sp³-hybridized carbons (Fsp3) is 0.409. The number of ether oxygens (including phenoxy) is 1. The fourth-order valence-electron chi connectivity index (χ4n) is 4.08. The third-order valence-corrected chi connectivity index (χ3v) is 5.94. The number of carbonyl (C=O) groups is 1. The van der Waals surface area contributed by atoms with Crippen LogP contribution in [0.2, 0.25) is 5.02 Å². The molecule has 2 aromatic carbocycles. The molecule has 3 atom stereocenters. The van der Waals surface area contributed by atoms with Gasteiger partial charge in [-0.15, -0.1) is 0 Å². The molecule has 2 fully saturated rings. The quantitative estimate of drug-likeness (QED) is 0.677. The summed E-state index contributed by atoms with van der Waals surface area (Å²) in [4.78, 5) is 15.4. The minimum absolute atomic E-state index is 0.0337. The van der Waals surface area contributed by atoms with E-state index in [2.05, 4.69) is 33.2 Å². The summed E-state index contributed by atoms with van der Waals surface area (Å²) >= 11 is 6.07. The average molecular weight is 415 g/mol. The monoisotopic (exact) mass is 414 g/mol. The van der Waals surface area contributed by atoms with Crippen molar-refractivity contribution in [3.63, 3.8) is 0 Å². The largest absolute Gasteiger partial charge is 0.379 e. The molecular weight excluding hydrogens is 388 g/mol. The molecule has 29 heavy (non-hydrogen) atoms. The first kappa shape index (κ1) is 20.3. The van der Waals surface area contributed by atoms with Crippen LogP contribution in [0, 0.1) is 5.92 Å². The van der Waals surface area contributed by atoms with Gasteiger partial charge in [0.1, 0.15) is 0 Å². The van der Waals surface area contributed by atoms with Gasteiger partial charge >= 0.3 is 0 Å². The number of carbonyl (C=O) groups excluding carboxylic acids is 1. The standard InChI is InChI=1S/C22H27ClN4O2/c23-18-8-6-16(7-9-18)20(27-10-12-29-13-11-27)15-24-22(28)19-14-25-26-21(19)17-4-2-1-3-5-17/h1-9,19-21,25-26H,10-15H2,(H,24,28). The lowest BCUT2D eigenvalue weighted by molar-refractivity contribution is -0.125. The van der Waals surface area contributed by atoms with Crippen molar-refractivity contribution in [1.29, 1.82) is 0 Å². The number of amides is 1. The third kappa shape index (κ3) is 4.97. The first-order chi connectivity index (χ1) is 14.2. The van der Waals surface area contributed by atoms with Gasteiger partial charge in [0, 0.05) is 31.2 Å². The Hall–Kier alpha value is -1.96. The van der Waals surface area contributed by atoms with Crippen molar-refractivity contribution in [2.75, 3.05) is 39.4 Å². The van der Waals surface area contributed by atoms with Crippen molar-refractivity contribution in [2.45, 2.75) is 12.1 Å². The summed E-state index contributed by atoms with van der Waals surface area (Å²) in [5, 5.41) is 3.92. The highest BCUT2D eigenvalue weighted by Crippen LogP contribution is 2.26. The fourth-order valence-corrected chi connectivity index (χ4v) is 4.20. The zero-order chi connectivity index (χ0) is 20.1. The molecule has 0 radical (unpaired) electrons. The minimum Gasteiger partial charge on any atom is -0.379 e. The van der Waals surface area contributed by atoms with E-state index in [0.29, 0.717) is 31.3 Å². The third-order valence-electron chi connectivity index (χ3n) is 5.69. The molecule has 3 N–H and O–H groups in total. The Labute approximate surface area is 176 Å². The average Bonchev–Trinajstić information content (AvgIpc) is 3.26. The molecule has 0 spiro atoms. The van der Waals surface area contributed by atoms with Crippen LogP contribution in [0.15, 0.2) is 54.6 Å². The molecule has 2 aliphatic heterocycles. The van der Waals surface area contributed by atoms with Gasteiger partial charge in [-0.05, 0) is 23.3 Å². The van der Waals surface area contributed by atoms with E-state index in [1.807, 2.05) is 42.5 Å². The number of rotatable bonds is 6. The maximum atomic E-state index is 13.0. The van der Waals surface area contributed by atoms with Crippen LogP contribution < -0.4 is 16.2 Å². The van der Waals surface area contributed by atoms with Gasteiger partial charge in [0.2, 0.25) is 5.91 Å². The molecule has 2 aliphatic rings. The Kier molecular flexibility index (Phi) is 6.79. The molecule has 1 amide bonds. The number of morpholine rings is 1. The van der Waals surface area contributed by atoms with Crippen LogP contribution in [-0.4, -0.2) is 50.2 Å². The first-order valence-electron chi connectivity index (χ1n) is 10.1. The summed E-state index contributed by atoms with van der Waals surface area (Å²) < 4.78 is 5.51. The van der Waals surface area contributed by atoms with Gasteiger partial charge in [-0.25, -0.2) is 5.43 Å². The lowest BCUT2D eigenvalue weighted by Crippen LogP contribution is -2.45. The van der Waals surface area contributed by atoms with Gasteiger partial charge in [0.25, 0.3) is 0 Å². The van der Waals surface area contributed by atoms with Gasteiger partial charge in [-0.1, -0.05) is 54.1 Å². The van der Waals surface area contributed by atoms with Crippen molar-refractivity contribution in [3.05, 3.63) is 70.7 Å². The van der Waals surface area contributed by atoms with Crippen molar-refractivity contribution >= 4 is 17.5 Å². The lowest BCUT2D eigenvalue weighted by atomic mass is 9.94. The van der Waals surface area contributed by atoms with E-state index < -0.39 is 0 Å². The molecule has 3 unspecified atom stereocenters. The summed E-state index contributed by atoms with van der Waals surface area (Å²) in [7, 11) is 0. The van der Waals surface area contributed by atoms with Crippen molar-refractivity contribution in [3.8, 4) is 0 Å². The second-order valence-corrected chi connectivity index (χ2v) is 7.92. The molecule has 2 aromatic rings. The Morgan fingerprint density at radius 1 is 1.14 bits per heavy atom. The van der Waals surface area contributed by atoms with Gasteiger partial charge in [-0.3, -0.25) is 15.1 Å². The van der Waals surface area contributed by atoms with E-state index in [1.54, 1.807) is 0 Å². The molecule has 7 heteroatoms. The molecule has 154 valence electrons. The number of hydrogen-bond acceptors (Lipinski definition) is 5. The van der Waals surface area contributed by atoms with E-state index in [1.165, 1.54) is 0 Å². The maximum absolute atomic E-state index is 13.0. The predicted molar refractivity (Wildman–Crippen MR) is 113 cm³/mol. The van der Waals surface area contributed by atoms with Crippen LogP contribution >= 0.6 is 11.6 Å². The molecule has 0 aliphatic carbocycles. The van der Waals surface area contributed by atoms with Crippen LogP contribution in [0.4, 0.5) is 0 Å². The van der Waals surface area contributed by atoms with Gasteiger partial charge < -0.3 is 10.1 Å². The second kappa shape index (κ2) is 9.69. The predicted octanol–water partition coefficient (Wildman–Crippen LogP) is 2.29. The molecule has 0 aromatic heterocycles. The second-order valence-electron chi connectivity index (χ2n) is 7.48. The molecule has 4 rings (SSSR count). The van der Waals surface area contributed by atoms with E-state index in [4.69, 9.17) is 16.3 Å². The highest BCUT2D eigenvalue weighted by Gasteiger charge is 2.34. The molecule has 2 heterocycles. The summed E-state index contributed by atoms with van der Waals surface area (Å²) in [5.41, 5.74) is 8.64. The van der Waals surface area contributed by atoms with Crippen LogP contribution in [-0.2, 0) is 9.53 Å². The number of hydrazine groups is 1. The van der Waals surface area contributed by atoms with Crippen LogP contribution in [0.25, 0.3) is 0 Å². The number of nitrogens with zero attached hydrogens (tertiary/aromatic N) is 1. The lowest BCUT2D eigenvalue weighted by Gasteiger charge is -2.35. The highest BCUT2D eigenvalue weighted by atomic mass is 35.5. The number of hydrogen-bond donors (Lipinski definition) is 3. The van der Waals surface area contributed by atoms with Gasteiger partial charge in [0.05, 0.1) is 31.2 Å². The Bertz CT molecular complexity index is 796. The SMILES string of the molecule is O=C(NCC(c1ccc(Cl)cc1)N1CCOCC1)C1CNNC1c1ccccc1. The summed E-state index contributed by atoms with van der Waals surface area (Å²) in [6.07, 6.45) is 0. The molecule has 6 nitrogen and oxygen atoms in total. The Morgan fingerprint density at radius 3 is 2.59 bits per heavy atom. The smallest absolute Gasteiger partial charge is 0.226 e. The van der Waals surface area contributed by atoms with Crippen molar-refractivity contribution in [1.82, 2.24) is 21.1 Å². The number of nitrogens with one attached hydrogen (secondary N) is 3. The number of halogens is 1. The van der Waals surface area contributed by atoms with E-state index >= 15 is 0 Å². The Morgan fingerprint density at radius 2 is 1.86 bits per heavy atom. The van der Waals surface area contributed by atoms with Crippen LogP contribution in [0.3, 0.4) is 0 Å². The van der Waals surface area contributed by atoms with E-state index in [9.17, 15) is 4.79 Å². The maximum Gasteiger partial charge on any atom is 0.226 e. The van der Waals surface area contributed by atoms with Crippen molar-refractivity contribution < 1.29 is 9.53 Å². The molecule has 2 saturated heterocycles. The van der Waals surface area contributed by atoms with E-state index in [-0.39, 0.29) is 23.9 Å². The van der Waals surface area contributed by atoms with Crippen LogP contribution in [0.1, 0.15) is 23.2 Å². The first-order valence-corrected chi connectivity index (χ1v) is 10.5. The molecule has 0 saturated carbocycles. The van der Waals surface area contributed by atoms with Crippen molar-refractivity contribution in [2.24, 2.45) is 5.92 Å². The number of benzene rings is 2. The normalized spacial score (nSPS) is 23.6. The van der Waals surface area contributed by atoms with E-state index in [0.717, 1.165) is 24.2 Å².